The van der Waals surface area contributed by atoms with E-state index in [0.29, 0.717) is 29.0 Å². The Hall–Kier alpha value is -1.93. The number of anilines is 1. The number of aryl methyl sites for hydroxylation is 1. The van der Waals surface area contributed by atoms with Gasteiger partial charge in [0, 0.05) is 30.7 Å². The largest absolute Gasteiger partial charge is 0.327 e. The maximum absolute atomic E-state index is 12.1. The number of carbonyl (C=O) groups is 1. The first-order valence-corrected chi connectivity index (χ1v) is 9.26. The highest BCUT2D eigenvalue weighted by Gasteiger charge is 2.28. The molecule has 1 saturated heterocycles. The summed E-state index contributed by atoms with van der Waals surface area (Å²) in [5, 5.41) is 1.85. The van der Waals surface area contributed by atoms with Crippen molar-refractivity contribution in [1.82, 2.24) is 4.57 Å². The molecule has 2 heterocycles. The third kappa shape index (κ3) is 2.84. The van der Waals surface area contributed by atoms with Crippen LogP contribution in [0, 0.1) is 0 Å². The van der Waals surface area contributed by atoms with Crippen molar-refractivity contribution >= 4 is 33.0 Å². The number of hydrogen-bond donors (Lipinski definition) is 0. The van der Waals surface area contributed by atoms with E-state index in [1.807, 2.05) is 18.6 Å². The quantitative estimate of drug-likeness (QED) is 0.831. The fourth-order valence-electron chi connectivity index (χ4n) is 2.29. The SMILES string of the molecule is Cn1ccsc1=NC(=O)c1ccc(N2CCCS2(=O)=O)cc1. The van der Waals surface area contributed by atoms with E-state index in [1.165, 1.54) is 15.6 Å². The topological polar surface area (TPSA) is 71.7 Å². The summed E-state index contributed by atoms with van der Waals surface area (Å²) < 4.78 is 26.9. The number of hydrogen-bond acceptors (Lipinski definition) is 4. The molecule has 0 radical (unpaired) electrons. The highest BCUT2D eigenvalue weighted by atomic mass is 32.2. The molecule has 8 heteroatoms. The first-order chi connectivity index (χ1) is 10.5. The van der Waals surface area contributed by atoms with Gasteiger partial charge < -0.3 is 4.57 Å². The first kappa shape index (κ1) is 15.0. The van der Waals surface area contributed by atoms with Crippen LogP contribution in [0.2, 0.25) is 0 Å². The van der Waals surface area contributed by atoms with Crippen molar-refractivity contribution in [1.29, 1.82) is 0 Å². The van der Waals surface area contributed by atoms with Crippen molar-refractivity contribution in [2.45, 2.75) is 6.42 Å². The number of nitrogens with zero attached hydrogens (tertiary/aromatic N) is 3. The Kier molecular flexibility index (Phi) is 3.88. The lowest BCUT2D eigenvalue weighted by atomic mass is 10.2. The van der Waals surface area contributed by atoms with E-state index < -0.39 is 10.0 Å². The molecule has 22 heavy (non-hydrogen) atoms. The van der Waals surface area contributed by atoms with Gasteiger partial charge in [0.1, 0.15) is 0 Å². The average molecular weight is 337 g/mol. The number of carbonyl (C=O) groups excluding carboxylic acids is 1. The minimum Gasteiger partial charge on any atom is -0.327 e. The Morgan fingerprint density at radius 3 is 2.55 bits per heavy atom. The molecule has 1 aromatic carbocycles. The molecular weight excluding hydrogens is 322 g/mol. The van der Waals surface area contributed by atoms with Gasteiger partial charge in [-0.3, -0.25) is 9.10 Å². The number of thiazole rings is 1. The van der Waals surface area contributed by atoms with Gasteiger partial charge in [0.25, 0.3) is 5.91 Å². The average Bonchev–Trinajstić information content (AvgIpc) is 3.05. The van der Waals surface area contributed by atoms with E-state index in [4.69, 9.17) is 0 Å². The third-order valence-corrected chi connectivity index (χ3v) is 6.18. The number of amides is 1. The van der Waals surface area contributed by atoms with E-state index in [9.17, 15) is 13.2 Å². The lowest BCUT2D eigenvalue weighted by molar-refractivity contribution is 0.0998. The Bertz CT molecular complexity index is 863. The molecule has 1 fully saturated rings. The fourth-order valence-corrected chi connectivity index (χ4v) is 4.58. The van der Waals surface area contributed by atoms with Crippen LogP contribution in [0.25, 0.3) is 0 Å². The first-order valence-electron chi connectivity index (χ1n) is 6.77. The number of benzene rings is 1. The summed E-state index contributed by atoms with van der Waals surface area (Å²) in [6.07, 6.45) is 2.46. The molecule has 0 N–H and O–H groups in total. The molecule has 1 aliphatic heterocycles. The monoisotopic (exact) mass is 337 g/mol. The summed E-state index contributed by atoms with van der Waals surface area (Å²) in [6.45, 7) is 0.491. The number of sulfonamides is 1. The predicted octanol–water partition coefficient (Wildman–Crippen LogP) is 1.37. The summed E-state index contributed by atoms with van der Waals surface area (Å²) >= 11 is 1.38. The molecule has 0 atom stereocenters. The molecule has 3 rings (SSSR count). The highest BCUT2D eigenvalue weighted by molar-refractivity contribution is 7.93. The molecule has 1 amide bonds. The minimum atomic E-state index is -3.20. The van der Waals surface area contributed by atoms with Gasteiger partial charge in [-0.25, -0.2) is 8.42 Å². The van der Waals surface area contributed by atoms with Crippen molar-refractivity contribution in [2.24, 2.45) is 12.0 Å². The van der Waals surface area contributed by atoms with Gasteiger partial charge in [-0.1, -0.05) is 0 Å². The molecule has 0 saturated carbocycles. The van der Waals surface area contributed by atoms with Crippen LogP contribution >= 0.6 is 11.3 Å². The van der Waals surface area contributed by atoms with Crippen LogP contribution in [0.4, 0.5) is 5.69 Å². The lowest BCUT2D eigenvalue weighted by Gasteiger charge is -2.16. The van der Waals surface area contributed by atoms with Crippen LogP contribution in [0.15, 0.2) is 40.8 Å². The van der Waals surface area contributed by atoms with E-state index in [2.05, 4.69) is 4.99 Å². The maximum atomic E-state index is 12.1. The smallest absolute Gasteiger partial charge is 0.279 e. The van der Waals surface area contributed by atoms with Gasteiger partial charge in [-0.05, 0) is 30.7 Å². The molecule has 6 nitrogen and oxygen atoms in total. The van der Waals surface area contributed by atoms with Crippen LogP contribution in [0.1, 0.15) is 16.8 Å². The summed E-state index contributed by atoms with van der Waals surface area (Å²) in [5.74, 6) is -0.161. The van der Waals surface area contributed by atoms with Gasteiger partial charge in [0.2, 0.25) is 10.0 Å². The molecule has 1 aliphatic rings. The predicted molar refractivity (Wildman–Crippen MR) is 85.4 cm³/mol. The second-order valence-electron chi connectivity index (χ2n) is 5.00. The fraction of sp³-hybridized carbons (Fsp3) is 0.286. The summed E-state index contributed by atoms with van der Waals surface area (Å²) in [6, 6.07) is 6.53. The van der Waals surface area contributed by atoms with Crippen LogP contribution in [0.5, 0.6) is 0 Å². The molecule has 0 aliphatic carbocycles. The van der Waals surface area contributed by atoms with Gasteiger partial charge >= 0.3 is 0 Å². The van der Waals surface area contributed by atoms with Crippen molar-refractivity contribution in [3.63, 3.8) is 0 Å². The summed E-state index contributed by atoms with van der Waals surface area (Å²) in [7, 11) is -1.37. The molecule has 0 unspecified atom stereocenters. The Labute approximate surface area is 132 Å². The Morgan fingerprint density at radius 2 is 2.00 bits per heavy atom. The second-order valence-corrected chi connectivity index (χ2v) is 7.89. The molecule has 116 valence electrons. The number of aromatic nitrogens is 1. The maximum Gasteiger partial charge on any atom is 0.279 e. The van der Waals surface area contributed by atoms with Gasteiger partial charge in [-0.2, -0.15) is 4.99 Å². The molecule has 2 aromatic rings. The van der Waals surface area contributed by atoms with E-state index in [-0.39, 0.29) is 11.7 Å². The van der Waals surface area contributed by atoms with Crippen LogP contribution in [-0.4, -0.2) is 31.2 Å². The highest BCUT2D eigenvalue weighted by Crippen LogP contribution is 2.24. The third-order valence-electron chi connectivity index (χ3n) is 3.46. The Balaban J connectivity index is 1.86. The van der Waals surface area contributed by atoms with Gasteiger partial charge in [0.05, 0.1) is 11.4 Å². The number of rotatable bonds is 2. The van der Waals surface area contributed by atoms with Crippen molar-refractivity contribution < 1.29 is 13.2 Å². The van der Waals surface area contributed by atoms with E-state index in [0.717, 1.165) is 0 Å². The zero-order valence-corrected chi connectivity index (χ0v) is 13.6. The van der Waals surface area contributed by atoms with Gasteiger partial charge in [0.15, 0.2) is 4.80 Å². The minimum absolute atomic E-state index is 0.178. The zero-order valence-electron chi connectivity index (χ0n) is 12.0. The molecular formula is C14H15N3O3S2. The lowest BCUT2D eigenvalue weighted by Crippen LogP contribution is -2.25. The van der Waals surface area contributed by atoms with Crippen LogP contribution in [0.3, 0.4) is 0 Å². The summed E-state index contributed by atoms with van der Waals surface area (Å²) in [5.41, 5.74) is 1.03. The van der Waals surface area contributed by atoms with E-state index >= 15 is 0 Å². The normalized spacial score (nSPS) is 17.9. The van der Waals surface area contributed by atoms with Crippen molar-refractivity contribution in [3.05, 3.63) is 46.2 Å². The molecule has 0 bridgehead atoms. The van der Waals surface area contributed by atoms with Crippen LogP contribution < -0.4 is 9.11 Å². The second kappa shape index (κ2) is 5.69. The van der Waals surface area contributed by atoms with Crippen LogP contribution in [-0.2, 0) is 17.1 Å². The standard InChI is InChI=1S/C14H15N3O3S2/c1-16-8-9-21-14(16)15-13(18)11-3-5-12(6-4-11)17-7-2-10-22(17,19)20/h3-6,8-9H,2,7,10H2,1H3. The Morgan fingerprint density at radius 1 is 1.27 bits per heavy atom. The van der Waals surface area contributed by atoms with Crippen molar-refractivity contribution in [3.8, 4) is 0 Å². The van der Waals surface area contributed by atoms with Gasteiger partial charge in [-0.15, -0.1) is 11.3 Å². The summed E-state index contributed by atoms with van der Waals surface area (Å²) in [4.78, 5) is 16.8. The van der Waals surface area contributed by atoms with Crippen molar-refractivity contribution in [2.75, 3.05) is 16.6 Å². The molecule has 0 spiro atoms. The zero-order chi connectivity index (χ0) is 15.7. The molecule has 1 aromatic heterocycles. The van der Waals surface area contributed by atoms with E-state index in [1.54, 1.807) is 28.8 Å².